The molecule has 0 aromatic carbocycles. The van der Waals surface area contributed by atoms with Crippen molar-refractivity contribution in [3.63, 3.8) is 0 Å². The summed E-state index contributed by atoms with van der Waals surface area (Å²) in [5.41, 5.74) is 0.714. The predicted octanol–water partition coefficient (Wildman–Crippen LogP) is -0.297. The fourth-order valence-corrected chi connectivity index (χ4v) is 1.44. The Kier molecular flexibility index (Phi) is 1.79. The van der Waals surface area contributed by atoms with Gasteiger partial charge < -0.3 is 10.1 Å². The van der Waals surface area contributed by atoms with Gasteiger partial charge in [0, 0.05) is 0 Å². The van der Waals surface area contributed by atoms with Gasteiger partial charge in [-0.1, -0.05) is 11.1 Å². The smallest absolute Gasteiger partial charge is 0.438 e. The molecule has 16 heavy (non-hydrogen) atoms. The maximum absolute atomic E-state index is 11.6. The lowest BCUT2D eigenvalue weighted by atomic mass is 10.5. The van der Waals surface area contributed by atoms with E-state index in [-0.39, 0.29) is 5.88 Å². The Morgan fingerprint density at radius 3 is 2.75 bits per heavy atom. The minimum absolute atomic E-state index is 0.324. The first-order valence-corrected chi connectivity index (χ1v) is 4.69. The largest absolute Gasteiger partial charge is 0.844 e. The third-order valence-electron chi connectivity index (χ3n) is 2.19. The Balaban J connectivity index is 2.25. The number of rotatable bonds is 1. The third-order valence-corrected chi connectivity index (χ3v) is 2.19. The maximum atomic E-state index is 11.6. The molecule has 0 spiro atoms. The molecule has 0 radical (unpaired) electrons. The summed E-state index contributed by atoms with van der Waals surface area (Å²) in [5, 5.41) is 11.6. The van der Waals surface area contributed by atoms with E-state index >= 15 is 0 Å². The van der Waals surface area contributed by atoms with Crippen LogP contribution in [0, 0.1) is 0 Å². The molecule has 6 nitrogen and oxygen atoms in total. The molecule has 0 aliphatic rings. The topological polar surface area (TPSA) is 81.4 Å². The molecule has 78 valence electrons. The van der Waals surface area contributed by atoms with Gasteiger partial charge in [-0.05, 0) is 17.1 Å². The first kappa shape index (κ1) is 8.78. The Morgan fingerprint density at radius 2 is 1.94 bits per heavy atom. The zero-order chi connectivity index (χ0) is 11.0. The van der Waals surface area contributed by atoms with Crippen LogP contribution < -0.4 is 9.67 Å². The average Bonchev–Trinajstić information content (AvgIpc) is 2.79. The molecule has 0 atom stereocenters. The van der Waals surface area contributed by atoms with Gasteiger partial charge >= 0.3 is 5.95 Å². The predicted molar refractivity (Wildman–Crippen MR) is 52.7 cm³/mol. The molecular formula is C10H7N5O. The van der Waals surface area contributed by atoms with Crippen molar-refractivity contribution in [3.05, 3.63) is 36.9 Å². The minimum atomic E-state index is -0.353. The van der Waals surface area contributed by atoms with Crippen molar-refractivity contribution < 1.29 is 9.67 Å². The maximum Gasteiger partial charge on any atom is 0.438 e. The van der Waals surface area contributed by atoms with Gasteiger partial charge in [0.05, 0.1) is 18.7 Å². The Hall–Kier alpha value is -2.50. The number of imidazole rings is 1. The van der Waals surface area contributed by atoms with Crippen molar-refractivity contribution in [2.45, 2.75) is 0 Å². The monoisotopic (exact) mass is 213 g/mol. The molecule has 3 aromatic rings. The molecule has 3 rings (SSSR count). The van der Waals surface area contributed by atoms with Crippen LogP contribution >= 0.6 is 0 Å². The van der Waals surface area contributed by atoms with Crippen molar-refractivity contribution in [3.8, 4) is 11.8 Å². The summed E-state index contributed by atoms with van der Waals surface area (Å²) in [4.78, 5) is 14.7. The van der Waals surface area contributed by atoms with Gasteiger partial charge in [-0.2, -0.15) is 0 Å². The van der Waals surface area contributed by atoms with E-state index in [4.69, 9.17) is 0 Å². The van der Waals surface area contributed by atoms with Crippen molar-refractivity contribution in [1.29, 1.82) is 0 Å². The molecule has 0 amide bonds. The van der Waals surface area contributed by atoms with Crippen molar-refractivity contribution in [1.82, 2.24) is 19.9 Å². The summed E-state index contributed by atoms with van der Waals surface area (Å²) in [6, 6.07) is 5.55. The van der Waals surface area contributed by atoms with Crippen molar-refractivity contribution in [2.24, 2.45) is 0 Å². The summed E-state index contributed by atoms with van der Waals surface area (Å²) in [6.45, 7) is 0. The van der Waals surface area contributed by atoms with Gasteiger partial charge in [-0.3, -0.25) is 0 Å². The highest BCUT2D eigenvalue weighted by Crippen LogP contribution is 2.13. The summed E-state index contributed by atoms with van der Waals surface area (Å²) in [6.07, 6.45) is 4.97. The fourth-order valence-electron chi connectivity index (χ4n) is 1.44. The molecule has 6 heteroatoms. The van der Waals surface area contributed by atoms with E-state index in [1.807, 2.05) is 18.2 Å². The molecule has 0 saturated carbocycles. The quantitative estimate of drug-likeness (QED) is 0.563. The normalized spacial score (nSPS) is 10.8. The highest BCUT2D eigenvalue weighted by molar-refractivity contribution is 5.74. The van der Waals surface area contributed by atoms with Gasteiger partial charge in [-0.15, -0.1) is 0 Å². The van der Waals surface area contributed by atoms with Gasteiger partial charge in [0.2, 0.25) is 0 Å². The summed E-state index contributed by atoms with van der Waals surface area (Å²) in [7, 11) is 0. The van der Waals surface area contributed by atoms with E-state index in [0.29, 0.717) is 17.1 Å². The van der Waals surface area contributed by atoms with Crippen LogP contribution in [-0.2, 0) is 0 Å². The lowest BCUT2D eigenvalue weighted by molar-refractivity contribution is -0.603. The number of nitrogens with one attached hydrogen (secondary N) is 1. The summed E-state index contributed by atoms with van der Waals surface area (Å²) >= 11 is 0. The summed E-state index contributed by atoms with van der Waals surface area (Å²) < 4.78 is 1.66. The molecular weight excluding hydrogens is 206 g/mol. The average molecular weight is 213 g/mol. The second kappa shape index (κ2) is 3.27. The molecule has 3 aromatic heterocycles. The van der Waals surface area contributed by atoms with E-state index < -0.39 is 0 Å². The highest BCUT2D eigenvalue weighted by Gasteiger charge is 2.14. The number of pyridine rings is 1. The van der Waals surface area contributed by atoms with Crippen LogP contribution in [0.3, 0.4) is 0 Å². The molecule has 0 unspecified atom stereocenters. The van der Waals surface area contributed by atoms with Gasteiger partial charge in [0.1, 0.15) is 11.4 Å². The Labute approximate surface area is 90.3 Å². The zero-order valence-corrected chi connectivity index (χ0v) is 8.16. The third kappa shape index (κ3) is 1.28. The standard InChI is InChI=1S/C10H7N5O/c16-9-7-8(12-6-11-7)13-10(14-9)15-4-2-1-3-5-15/h1-6H,(H-,11,12,13,14,16). The van der Waals surface area contributed by atoms with Crippen molar-refractivity contribution >= 4 is 11.2 Å². The van der Waals surface area contributed by atoms with Gasteiger partial charge in [-0.25, -0.2) is 9.55 Å². The van der Waals surface area contributed by atoms with Crippen LogP contribution in [0.15, 0.2) is 36.9 Å². The second-order valence-electron chi connectivity index (χ2n) is 3.21. The van der Waals surface area contributed by atoms with Crippen LogP contribution in [0.5, 0.6) is 5.88 Å². The molecule has 0 saturated heterocycles. The second-order valence-corrected chi connectivity index (χ2v) is 3.21. The van der Waals surface area contributed by atoms with Crippen LogP contribution in [0.1, 0.15) is 0 Å². The van der Waals surface area contributed by atoms with E-state index in [9.17, 15) is 5.11 Å². The number of H-pyrrole nitrogens is 1. The number of nitrogens with zero attached hydrogens (tertiary/aromatic N) is 4. The number of aromatic nitrogens is 5. The molecule has 1 N–H and O–H groups in total. The molecule has 0 aliphatic heterocycles. The summed E-state index contributed by atoms with van der Waals surface area (Å²) in [5.74, 6) is -0.0287. The van der Waals surface area contributed by atoms with E-state index in [1.165, 1.54) is 6.33 Å². The minimum Gasteiger partial charge on any atom is -0.844 e. The van der Waals surface area contributed by atoms with Crippen LogP contribution in [0.25, 0.3) is 17.1 Å². The number of hydrogen-bond donors (Lipinski definition) is 1. The van der Waals surface area contributed by atoms with Crippen LogP contribution in [0.4, 0.5) is 0 Å². The first-order chi connectivity index (χ1) is 7.84. The number of hydrogen-bond acceptors (Lipinski definition) is 4. The van der Waals surface area contributed by atoms with E-state index in [1.54, 1.807) is 17.0 Å². The molecule has 0 aliphatic carbocycles. The highest BCUT2D eigenvalue weighted by atomic mass is 16.3. The zero-order valence-electron chi connectivity index (χ0n) is 8.16. The van der Waals surface area contributed by atoms with Crippen LogP contribution in [-0.4, -0.2) is 19.9 Å². The molecule has 3 heterocycles. The van der Waals surface area contributed by atoms with E-state index in [0.717, 1.165) is 0 Å². The van der Waals surface area contributed by atoms with Gasteiger partial charge in [0.15, 0.2) is 0 Å². The van der Waals surface area contributed by atoms with Gasteiger partial charge in [0.25, 0.3) is 5.65 Å². The van der Waals surface area contributed by atoms with Crippen molar-refractivity contribution in [2.75, 3.05) is 0 Å². The van der Waals surface area contributed by atoms with Crippen LogP contribution in [0.2, 0.25) is 0 Å². The Morgan fingerprint density at radius 1 is 1.12 bits per heavy atom. The number of fused-ring (bicyclic) bond motifs is 1. The fraction of sp³-hybridized carbons (Fsp3) is 0. The molecule has 0 bridgehead atoms. The molecule has 0 fully saturated rings. The lowest BCUT2D eigenvalue weighted by Crippen LogP contribution is -2.32. The van der Waals surface area contributed by atoms with E-state index in [2.05, 4.69) is 19.9 Å². The lowest BCUT2D eigenvalue weighted by Gasteiger charge is -2.00. The SMILES string of the molecule is [O-]c1nc(-[n+]2ccccc2)nc2nc[nH]c12. The first-order valence-electron chi connectivity index (χ1n) is 4.69. The number of aromatic amines is 1. The Bertz CT molecular complexity index is 634.